The van der Waals surface area contributed by atoms with Crippen molar-refractivity contribution in [1.29, 1.82) is 0 Å². The van der Waals surface area contributed by atoms with Crippen LogP contribution in [0.15, 0.2) is 30.3 Å². The van der Waals surface area contributed by atoms with Gasteiger partial charge in [0.05, 0.1) is 11.6 Å². The Morgan fingerprint density at radius 3 is 2.81 bits per heavy atom. The Labute approximate surface area is 98.2 Å². The zero-order valence-corrected chi connectivity index (χ0v) is 9.53. The average molecular weight is 235 g/mol. The number of pyridine rings is 1. The highest BCUT2D eigenvalue weighted by Crippen LogP contribution is 2.26. The molecule has 4 heteroatoms. The van der Waals surface area contributed by atoms with E-state index in [-0.39, 0.29) is 0 Å². The minimum absolute atomic E-state index is 0.377. The molecule has 1 atom stereocenters. The van der Waals surface area contributed by atoms with Gasteiger partial charge in [-0.3, -0.25) is 4.79 Å². The van der Waals surface area contributed by atoms with Crippen molar-refractivity contribution in [1.82, 2.24) is 4.98 Å². The average Bonchev–Trinajstić information content (AvgIpc) is 2.26. The standard InChI is InChI=1S/C12H11ClN2O/c1-7(12(14)16)11-9-5-3-2-4-8(9)6-10(13)15-11/h2-7H,1H3,(H2,14,16). The van der Waals surface area contributed by atoms with E-state index in [0.717, 1.165) is 10.8 Å². The maximum Gasteiger partial charge on any atom is 0.226 e. The zero-order chi connectivity index (χ0) is 11.7. The number of carbonyl (C=O) groups excluding carboxylic acids is 1. The molecule has 0 saturated heterocycles. The molecule has 0 saturated carbocycles. The van der Waals surface area contributed by atoms with E-state index in [9.17, 15) is 4.79 Å². The van der Waals surface area contributed by atoms with Crippen molar-refractivity contribution >= 4 is 28.3 Å². The Hall–Kier alpha value is -1.61. The van der Waals surface area contributed by atoms with Crippen molar-refractivity contribution in [3.8, 4) is 0 Å². The Bertz CT molecular complexity index is 554. The molecule has 0 aliphatic carbocycles. The minimum atomic E-state index is -0.441. The smallest absolute Gasteiger partial charge is 0.226 e. The number of halogens is 1. The summed E-state index contributed by atoms with van der Waals surface area (Å²) in [5, 5.41) is 2.26. The van der Waals surface area contributed by atoms with E-state index in [1.54, 1.807) is 13.0 Å². The van der Waals surface area contributed by atoms with Crippen molar-refractivity contribution in [3.63, 3.8) is 0 Å². The van der Waals surface area contributed by atoms with Crippen LogP contribution < -0.4 is 5.73 Å². The van der Waals surface area contributed by atoms with Gasteiger partial charge in [0.2, 0.25) is 5.91 Å². The summed E-state index contributed by atoms with van der Waals surface area (Å²) in [6, 6.07) is 9.42. The van der Waals surface area contributed by atoms with Crippen LogP contribution in [0.2, 0.25) is 5.15 Å². The van der Waals surface area contributed by atoms with Crippen LogP contribution in [0.1, 0.15) is 18.5 Å². The van der Waals surface area contributed by atoms with Crippen LogP contribution in [0.3, 0.4) is 0 Å². The summed E-state index contributed by atoms with van der Waals surface area (Å²) < 4.78 is 0. The third-order valence-electron chi connectivity index (χ3n) is 2.58. The monoisotopic (exact) mass is 234 g/mol. The molecule has 82 valence electrons. The van der Waals surface area contributed by atoms with Crippen LogP contribution in [0.5, 0.6) is 0 Å². The number of fused-ring (bicyclic) bond motifs is 1. The van der Waals surface area contributed by atoms with Gasteiger partial charge >= 0.3 is 0 Å². The van der Waals surface area contributed by atoms with Gasteiger partial charge in [0.15, 0.2) is 0 Å². The molecule has 1 aromatic carbocycles. The molecular formula is C12H11ClN2O. The number of benzene rings is 1. The second-order valence-corrected chi connectivity index (χ2v) is 4.06. The molecule has 2 rings (SSSR count). The molecule has 0 fully saturated rings. The predicted molar refractivity (Wildman–Crippen MR) is 64.4 cm³/mol. The second-order valence-electron chi connectivity index (χ2n) is 3.68. The lowest BCUT2D eigenvalue weighted by Crippen LogP contribution is -2.20. The van der Waals surface area contributed by atoms with E-state index in [2.05, 4.69) is 4.98 Å². The molecule has 1 amide bonds. The van der Waals surface area contributed by atoms with Gasteiger partial charge in [0, 0.05) is 5.39 Å². The number of rotatable bonds is 2. The van der Waals surface area contributed by atoms with E-state index in [1.165, 1.54) is 0 Å². The fraction of sp³-hybridized carbons (Fsp3) is 0.167. The summed E-state index contributed by atoms with van der Waals surface area (Å²) in [7, 11) is 0. The van der Waals surface area contributed by atoms with Gasteiger partial charge in [0.25, 0.3) is 0 Å². The molecule has 0 bridgehead atoms. The van der Waals surface area contributed by atoms with Gasteiger partial charge in [-0.25, -0.2) is 4.98 Å². The summed E-state index contributed by atoms with van der Waals surface area (Å²) >= 11 is 5.91. The lowest BCUT2D eigenvalue weighted by Gasteiger charge is -2.10. The first-order valence-electron chi connectivity index (χ1n) is 4.94. The molecule has 16 heavy (non-hydrogen) atoms. The van der Waals surface area contributed by atoms with Gasteiger partial charge in [-0.1, -0.05) is 35.9 Å². The summed E-state index contributed by atoms with van der Waals surface area (Å²) in [6.45, 7) is 1.73. The number of primary amides is 1. The molecule has 1 aromatic heterocycles. The molecular weight excluding hydrogens is 224 g/mol. The van der Waals surface area contributed by atoms with Gasteiger partial charge in [-0.2, -0.15) is 0 Å². The van der Waals surface area contributed by atoms with Crippen LogP contribution >= 0.6 is 11.6 Å². The highest BCUT2D eigenvalue weighted by atomic mass is 35.5. The predicted octanol–water partition coefficient (Wildman–Crippen LogP) is 2.48. The van der Waals surface area contributed by atoms with Crippen molar-refractivity contribution in [2.75, 3.05) is 0 Å². The third kappa shape index (κ3) is 1.86. The number of nitrogens with two attached hydrogens (primary N) is 1. The fourth-order valence-corrected chi connectivity index (χ4v) is 1.87. The Morgan fingerprint density at radius 2 is 2.12 bits per heavy atom. The van der Waals surface area contributed by atoms with E-state index in [1.807, 2.05) is 24.3 Å². The highest BCUT2D eigenvalue weighted by molar-refractivity contribution is 6.30. The van der Waals surface area contributed by atoms with Crippen molar-refractivity contribution < 1.29 is 4.79 Å². The van der Waals surface area contributed by atoms with Crippen LogP contribution in [0.25, 0.3) is 10.8 Å². The normalized spacial score (nSPS) is 12.6. The van der Waals surface area contributed by atoms with Gasteiger partial charge in [-0.05, 0) is 18.4 Å². The van der Waals surface area contributed by atoms with E-state index in [0.29, 0.717) is 10.8 Å². The molecule has 0 spiro atoms. The molecule has 1 heterocycles. The number of aromatic nitrogens is 1. The fourth-order valence-electron chi connectivity index (χ4n) is 1.66. The molecule has 1 unspecified atom stereocenters. The summed E-state index contributed by atoms with van der Waals surface area (Å²) in [5.74, 6) is -0.844. The first-order valence-corrected chi connectivity index (χ1v) is 5.32. The molecule has 2 N–H and O–H groups in total. The van der Waals surface area contributed by atoms with Crippen LogP contribution in [0, 0.1) is 0 Å². The Kier molecular flexibility index (Phi) is 2.79. The molecule has 2 aromatic rings. The van der Waals surface area contributed by atoms with Crippen LogP contribution in [-0.4, -0.2) is 10.9 Å². The first kappa shape index (κ1) is 10.9. The SMILES string of the molecule is CC(C(N)=O)c1nc(Cl)cc2ccccc12. The molecule has 0 radical (unpaired) electrons. The topological polar surface area (TPSA) is 56.0 Å². The highest BCUT2D eigenvalue weighted by Gasteiger charge is 2.16. The minimum Gasteiger partial charge on any atom is -0.369 e. The third-order valence-corrected chi connectivity index (χ3v) is 2.77. The van der Waals surface area contributed by atoms with Crippen molar-refractivity contribution in [2.24, 2.45) is 5.73 Å². The summed E-state index contributed by atoms with van der Waals surface area (Å²) in [4.78, 5) is 15.4. The zero-order valence-electron chi connectivity index (χ0n) is 8.77. The quantitative estimate of drug-likeness (QED) is 0.812. The Morgan fingerprint density at radius 1 is 1.44 bits per heavy atom. The van der Waals surface area contributed by atoms with Crippen LogP contribution in [0.4, 0.5) is 0 Å². The number of hydrogen-bond donors (Lipinski definition) is 1. The molecule has 0 aliphatic heterocycles. The van der Waals surface area contributed by atoms with Crippen molar-refractivity contribution in [2.45, 2.75) is 12.8 Å². The summed E-state index contributed by atoms with van der Waals surface area (Å²) in [5.41, 5.74) is 5.92. The Balaban J connectivity index is 2.72. The molecule has 3 nitrogen and oxygen atoms in total. The van der Waals surface area contributed by atoms with Crippen molar-refractivity contribution in [3.05, 3.63) is 41.2 Å². The number of carbonyl (C=O) groups is 1. The lowest BCUT2D eigenvalue weighted by molar-refractivity contribution is -0.119. The number of hydrogen-bond acceptors (Lipinski definition) is 2. The number of nitrogens with zero attached hydrogens (tertiary/aromatic N) is 1. The summed E-state index contributed by atoms with van der Waals surface area (Å²) in [6.07, 6.45) is 0. The lowest BCUT2D eigenvalue weighted by atomic mass is 10.0. The largest absolute Gasteiger partial charge is 0.369 e. The van der Waals surface area contributed by atoms with Gasteiger partial charge in [-0.15, -0.1) is 0 Å². The van der Waals surface area contributed by atoms with E-state index >= 15 is 0 Å². The first-order chi connectivity index (χ1) is 7.59. The van der Waals surface area contributed by atoms with Gasteiger partial charge in [0.1, 0.15) is 5.15 Å². The maximum atomic E-state index is 11.2. The van der Waals surface area contributed by atoms with E-state index < -0.39 is 11.8 Å². The van der Waals surface area contributed by atoms with Crippen LogP contribution in [-0.2, 0) is 4.79 Å². The maximum absolute atomic E-state index is 11.2. The van der Waals surface area contributed by atoms with Gasteiger partial charge < -0.3 is 5.73 Å². The van der Waals surface area contributed by atoms with E-state index in [4.69, 9.17) is 17.3 Å². The molecule has 0 aliphatic rings. The second kappa shape index (κ2) is 4.10. The number of amides is 1.